The third-order valence-electron chi connectivity index (χ3n) is 7.26. The minimum Gasteiger partial charge on any atom is -0.348 e. The van der Waals surface area contributed by atoms with E-state index in [9.17, 15) is 14.4 Å². The molecule has 1 fully saturated rings. The van der Waals surface area contributed by atoms with E-state index >= 15 is 0 Å². The summed E-state index contributed by atoms with van der Waals surface area (Å²) in [6.07, 6.45) is 2.81. The Labute approximate surface area is 205 Å². The van der Waals surface area contributed by atoms with Crippen LogP contribution in [0.3, 0.4) is 0 Å². The fraction of sp³-hybridized carbons (Fsp3) is 0.276. The van der Waals surface area contributed by atoms with Gasteiger partial charge in [-0.25, -0.2) is 4.79 Å². The zero-order valence-corrected chi connectivity index (χ0v) is 20.0. The highest BCUT2D eigenvalue weighted by Crippen LogP contribution is 2.37. The number of imide groups is 1. The maximum absolute atomic E-state index is 13.9. The first-order valence-corrected chi connectivity index (χ1v) is 12.0. The highest BCUT2D eigenvalue weighted by molar-refractivity contribution is 6.11. The maximum atomic E-state index is 13.9. The van der Waals surface area contributed by atoms with Crippen LogP contribution >= 0.6 is 0 Å². The summed E-state index contributed by atoms with van der Waals surface area (Å²) in [5, 5.41) is 5.98. The van der Waals surface area contributed by atoms with E-state index in [1.807, 2.05) is 80.6 Å². The van der Waals surface area contributed by atoms with Crippen LogP contribution in [0.15, 0.2) is 72.8 Å². The van der Waals surface area contributed by atoms with Gasteiger partial charge < -0.3 is 10.6 Å². The monoisotopic (exact) mass is 467 g/mol. The number of benzene rings is 3. The molecule has 2 atom stereocenters. The summed E-state index contributed by atoms with van der Waals surface area (Å²) in [7, 11) is 0. The van der Waals surface area contributed by atoms with Crippen LogP contribution < -0.4 is 10.6 Å². The van der Waals surface area contributed by atoms with Crippen LogP contribution in [-0.4, -0.2) is 29.3 Å². The van der Waals surface area contributed by atoms with Crippen molar-refractivity contribution in [3.8, 4) is 0 Å². The number of carbonyl (C=O) groups excluding carboxylic acids is 3. The summed E-state index contributed by atoms with van der Waals surface area (Å²) in [6.45, 7) is 3.65. The van der Waals surface area contributed by atoms with Crippen molar-refractivity contribution in [1.82, 2.24) is 15.5 Å². The molecule has 1 saturated heterocycles. The van der Waals surface area contributed by atoms with E-state index < -0.39 is 17.5 Å². The molecule has 0 unspecified atom stereocenters. The predicted octanol–water partition coefficient (Wildman–Crippen LogP) is 4.29. The highest BCUT2D eigenvalue weighted by Gasteiger charge is 2.54. The molecule has 0 radical (unpaired) electrons. The summed E-state index contributed by atoms with van der Waals surface area (Å²) in [5.74, 6) is -0.796. The number of nitrogens with one attached hydrogen (secondary N) is 2. The number of hydrogen-bond acceptors (Lipinski definition) is 3. The number of amides is 4. The maximum Gasteiger partial charge on any atom is 0.326 e. The summed E-state index contributed by atoms with van der Waals surface area (Å²) >= 11 is 0. The zero-order valence-electron chi connectivity index (χ0n) is 20.0. The van der Waals surface area contributed by atoms with Crippen molar-refractivity contribution >= 4 is 17.8 Å². The normalized spacial score (nSPS) is 21.4. The van der Waals surface area contributed by atoms with Crippen molar-refractivity contribution in [2.75, 3.05) is 6.54 Å². The summed E-state index contributed by atoms with van der Waals surface area (Å²) in [6, 6.07) is 22.4. The Morgan fingerprint density at radius 2 is 1.71 bits per heavy atom. The molecule has 6 nitrogen and oxygen atoms in total. The highest BCUT2D eigenvalue weighted by atomic mass is 16.2. The van der Waals surface area contributed by atoms with E-state index in [0.29, 0.717) is 11.1 Å². The van der Waals surface area contributed by atoms with Crippen LogP contribution in [0.25, 0.3) is 0 Å². The summed E-state index contributed by atoms with van der Waals surface area (Å²) in [5.41, 5.74) is 4.41. The quantitative estimate of drug-likeness (QED) is 0.550. The molecule has 0 bridgehead atoms. The molecule has 2 aliphatic rings. The van der Waals surface area contributed by atoms with Crippen molar-refractivity contribution in [3.63, 3.8) is 0 Å². The van der Waals surface area contributed by atoms with Gasteiger partial charge in [0.25, 0.3) is 5.91 Å². The molecule has 1 aliphatic carbocycles. The predicted molar refractivity (Wildman–Crippen MR) is 134 cm³/mol. The first kappa shape index (κ1) is 22.8. The molecule has 3 aromatic carbocycles. The summed E-state index contributed by atoms with van der Waals surface area (Å²) in [4.78, 5) is 41.2. The van der Waals surface area contributed by atoms with Gasteiger partial charge in [-0.15, -0.1) is 0 Å². The lowest BCUT2D eigenvalue weighted by molar-refractivity contribution is -0.134. The minimum atomic E-state index is -1.38. The second-order valence-corrected chi connectivity index (χ2v) is 9.45. The van der Waals surface area contributed by atoms with Crippen molar-refractivity contribution in [2.24, 2.45) is 0 Å². The molecule has 4 amide bonds. The van der Waals surface area contributed by atoms with Crippen LogP contribution in [0.5, 0.6) is 0 Å². The molecule has 1 heterocycles. The largest absolute Gasteiger partial charge is 0.348 e. The Balaban J connectivity index is 1.44. The average molecular weight is 468 g/mol. The van der Waals surface area contributed by atoms with Gasteiger partial charge in [0, 0.05) is 0 Å². The van der Waals surface area contributed by atoms with Gasteiger partial charge in [-0.3, -0.25) is 14.5 Å². The molecule has 5 rings (SSSR count). The lowest BCUT2D eigenvalue weighted by Gasteiger charge is -2.29. The molecule has 1 aliphatic heterocycles. The lowest BCUT2D eigenvalue weighted by atomic mass is 9.81. The fourth-order valence-electron chi connectivity index (χ4n) is 5.23. The molecule has 0 saturated carbocycles. The van der Waals surface area contributed by atoms with E-state index in [1.54, 1.807) is 0 Å². The van der Waals surface area contributed by atoms with Gasteiger partial charge in [-0.1, -0.05) is 72.8 Å². The Morgan fingerprint density at radius 1 is 0.971 bits per heavy atom. The molecule has 178 valence electrons. The van der Waals surface area contributed by atoms with Crippen LogP contribution in [0.4, 0.5) is 4.79 Å². The topological polar surface area (TPSA) is 78.5 Å². The third-order valence-corrected chi connectivity index (χ3v) is 7.26. The number of rotatable bonds is 5. The fourth-order valence-corrected chi connectivity index (χ4v) is 5.23. The van der Waals surface area contributed by atoms with Crippen LogP contribution in [-0.2, 0) is 21.5 Å². The van der Waals surface area contributed by atoms with Gasteiger partial charge in [0.05, 0.1) is 6.04 Å². The van der Waals surface area contributed by atoms with Gasteiger partial charge in [-0.2, -0.15) is 0 Å². The summed E-state index contributed by atoms with van der Waals surface area (Å²) < 4.78 is 0. The molecular weight excluding hydrogens is 438 g/mol. The molecular formula is C29H29N3O3. The standard InChI is InChI=1S/C29H29N3O3/c1-19-15-16-23(17-20(19)2)29(22-11-4-3-5-12-22)27(34)32(28(35)31-29)18-26(33)30-25-14-8-10-21-9-6-7-13-24(21)25/h3-7,9,11-13,15-17,25H,8,10,14,18H2,1-2H3,(H,30,33)(H,31,35)/t25-,29+/m0/s1. The second-order valence-electron chi connectivity index (χ2n) is 9.45. The van der Waals surface area contributed by atoms with Crippen molar-refractivity contribution < 1.29 is 14.4 Å². The van der Waals surface area contributed by atoms with E-state index in [-0.39, 0.29) is 18.5 Å². The van der Waals surface area contributed by atoms with E-state index in [4.69, 9.17) is 0 Å². The van der Waals surface area contributed by atoms with Gasteiger partial charge in [0.15, 0.2) is 5.54 Å². The van der Waals surface area contributed by atoms with Gasteiger partial charge in [0.2, 0.25) is 5.91 Å². The Kier molecular flexibility index (Phi) is 5.89. The molecule has 35 heavy (non-hydrogen) atoms. The molecule has 6 heteroatoms. The Hall–Kier alpha value is -3.93. The molecule has 0 spiro atoms. The van der Waals surface area contributed by atoms with Gasteiger partial charge >= 0.3 is 6.03 Å². The first-order chi connectivity index (χ1) is 16.9. The number of carbonyl (C=O) groups is 3. The number of nitrogens with zero attached hydrogens (tertiary/aromatic N) is 1. The third kappa shape index (κ3) is 3.99. The number of fused-ring (bicyclic) bond motifs is 1. The molecule has 3 aromatic rings. The smallest absolute Gasteiger partial charge is 0.326 e. The second kappa shape index (κ2) is 9.02. The molecule has 0 aromatic heterocycles. The first-order valence-electron chi connectivity index (χ1n) is 12.0. The minimum absolute atomic E-state index is 0.119. The van der Waals surface area contributed by atoms with E-state index in [1.165, 1.54) is 5.56 Å². The lowest BCUT2D eigenvalue weighted by Crippen LogP contribution is -2.46. The number of hydrogen-bond donors (Lipinski definition) is 2. The average Bonchev–Trinajstić information content (AvgIpc) is 3.12. The number of urea groups is 1. The van der Waals surface area contributed by atoms with Crippen molar-refractivity contribution in [1.29, 1.82) is 0 Å². The van der Waals surface area contributed by atoms with Crippen LogP contribution in [0.2, 0.25) is 0 Å². The van der Waals surface area contributed by atoms with Crippen LogP contribution in [0.1, 0.15) is 52.3 Å². The number of aryl methyl sites for hydroxylation is 3. The SMILES string of the molecule is Cc1ccc([C@@]2(c3ccccc3)NC(=O)N(CC(=O)N[C@H]3CCCc4ccccc43)C2=O)cc1C. The Morgan fingerprint density at radius 3 is 2.49 bits per heavy atom. The Bertz CT molecular complexity index is 1300. The molecule has 2 N–H and O–H groups in total. The van der Waals surface area contributed by atoms with Crippen molar-refractivity contribution in [3.05, 3.63) is 106 Å². The van der Waals surface area contributed by atoms with Crippen LogP contribution in [0, 0.1) is 13.8 Å². The van der Waals surface area contributed by atoms with Crippen molar-refractivity contribution in [2.45, 2.75) is 44.7 Å². The van der Waals surface area contributed by atoms with E-state index in [0.717, 1.165) is 40.9 Å². The van der Waals surface area contributed by atoms with Gasteiger partial charge in [-0.05, 0) is 66.5 Å². The van der Waals surface area contributed by atoms with Gasteiger partial charge in [0.1, 0.15) is 6.54 Å². The zero-order chi connectivity index (χ0) is 24.6. The van der Waals surface area contributed by atoms with E-state index in [2.05, 4.69) is 16.7 Å².